The number of hydrogen-bond donors (Lipinski definition) is 2. The van der Waals surface area contributed by atoms with E-state index in [1.165, 1.54) is 0 Å². The molecule has 4 nitrogen and oxygen atoms in total. The highest BCUT2D eigenvalue weighted by Crippen LogP contribution is 2.31. The van der Waals surface area contributed by atoms with E-state index >= 15 is 0 Å². The molecule has 1 amide bonds. The molecule has 0 saturated carbocycles. The smallest absolute Gasteiger partial charge is 0.409 e. The van der Waals surface area contributed by atoms with Crippen LogP contribution in [0.2, 0.25) is 0 Å². The van der Waals surface area contributed by atoms with Crippen molar-refractivity contribution in [2.24, 2.45) is 0 Å². The highest BCUT2D eigenvalue weighted by Gasteiger charge is 2.48. The molecule has 2 unspecified atom stereocenters. The SMILES string of the molecule is O=C(O)N1CCC(O)CC1C(F)(F)F. The summed E-state index contributed by atoms with van der Waals surface area (Å²) in [7, 11) is 0. The predicted molar refractivity (Wildman–Crippen MR) is 39.8 cm³/mol. The number of carboxylic acid groups (broad SMARTS) is 1. The third kappa shape index (κ3) is 2.28. The van der Waals surface area contributed by atoms with Crippen molar-refractivity contribution >= 4 is 6.09 Å². The van der Waals surface area contributed by atoms with Gasteiger partial charge in [0, 0.05) is 13.0 Å². The molecule has 2 N–H and O–H groups in total. The summed E-state index contributed by atoms with van der Waals surface area (Å²) in [5.74, 6) is 0. The summed E-state index contributed by atoms with van der Waals surface area (Å²) >= 11 is 0. The Morgan fingerprint density at radius 3 is 2.43 bits per heavy atom. The van der Waals surface area contributed by atoms with Gasteiger partial charge in [-0.25, -0.2) is 4.79 Å². The van der Waals surface area contributed by atoms with Gasteiger partial charge in [-0.05, 0) is 6.42 Å². The van der Waals surface area contributed by atoms with E-state index in [1.54, 1.807) is 0 Å². The summed E-state index contributed by atoms with van der Waals surface area (Å²) in [6.45, 7) is -0.277. The minimum absolute atomic E-state index is 0.0544. The van der Waals surface area contributed by atoms with Crippen LogP contribution < -0.4 is 0 Å². The molecule has 1 aliphatic heterocycles. The van der Waals surface area contributed by atoms with Gasteiger partial charge >= 0.3 is 12.3 Å². The van der Waals surface area contributed by atoms with Crippen LogP contribution in [-0.2, 0) is 0 Å². The normalized spacial score (nSPS) is 29.0. The summed E-state index contributed by atoms with van der Waals surface area (Å²) in [6.07, 6.45) is -7.80. The van der Waals surface area contributed by atoms with Crippen molar-refractivity contribution in [1.82, 2.24) is 4.90 Å². The molecule has 0 aromatic heterocycles. The number of hydrogen-bond acceptors (Lipinski definition) is 2. The number of alkyl halides is 3. The van der Waals surface area contributed by atoms with Crippen molar-refractivity contribution in [1.29, 1.82) is 0 Å². The molecule has 2 atom stereocenters. The first-order valence-corrected chi connectivity index (χ1v) is 4.06. The number of halogens is 3. The number of nitrogens with zero attached hydrogens (tertiary/aromatic N) is 1. The first-order valence-electron chi connectivity index (χ1n) is 4.06. The maximum atomic E-state index is 12.3. The van der Waals surface area contributed by atoms with Crippen molar-refractivity contribution in [3.63, 3.8) is 0 Å². The van der Waals surface area contributed by atoms with E-state index in [0.29, 0.717) is 4.90 Å². The Morgan fingerprint density at radius 1 is 1.43 bits per heavy atom. The first-order chi connectivity index (χ1) is 6.32. The molecule has 0 spiro atoms. The minimum atomic E-state index is -4.61. The summed E-state index contributed by atoms with van der Waals surface area (Å²) in [5.41, 5.74) is 0. The molecular formula is C7H10F3NO3. The average molecular weight is 213 g/mol. The monoisotopic (exact) mass is 213 g/mol. The Morgan fingerprint density at radius 2 is 2.00 bits per heavy atom. The van der Waals surface area contributed by atoms with Crippen LogP contribution in [0.25, 0.3) is 0 Å². The van der Waals surface area contributed by atoms with Gasteiger partial charge in [-0.1, -0.05) is 0 Å². The molecule has 0 aliphatic carbocycles. The van der Waals surface area contributed by atoms with Crippen LogP contribution >= 0.6 is 0 Å². The maximum Gasteiger partial charge on any atom is 0.409 e. The Kier molecular flexibility index (Phi) is 2.89. The quantitative estimate of drug-likeness (QED) is 0.632. The number of likely N-dealkylation sites (tertiary alicyclic amines) is 1. The Labute approximate surface area is 77.9 Å². The van der Waals surface area contributed by atoms with Crippen LogP contribution in [-0.4, -0.2) is 46.1 Å². The van der Waals surface area contributed by atoms with E-state index in [4.69, 9.17) is 10.2 Å². The standard InChI is InChI=1S/C7H10F3NO3/c8-7(9,10)5-3-4(12)1-2-11(5)6(13)14/h4-5,12H,1-3H2,(H,13,14). The average Bonchev–Trinajstić information content (AvgIpc) is 2.01. The van der Waals surface area contributed by atoms with E-state index < -0.39 is 30.8 Å². The van der Waals surface area contributed by atoms with Crippen LogP contribution in [0.1, 0.15) is 12.8 Å². The molecule has 1 fully saturated rings. The van der Waals surface area contributed by atoms with Gasteiger partial charge < -0.3 is 10.2 Å². The number of aliphatic hydroxyl groups is 1. The maximum absolute atomic E-state index is 12.3. The molecule has 1 heterocycles. The fourth-order valence-corrected chi connectivity index (χ4v) is 1.49. The van der Waals surface area contributed by atoms with Crippen molar-refractivity contribution < 1.29 is 28.2 Å². The summed E-state index contributed by atoms with van der Waals surface area (Å²) < 4.78 is 36.9. The highest BCUT2D eigenvalue weighted by molar-refractivity contribution is 5.65. The zero-order valence-corrected chi connectivity index (χ0v) is 7.16. The summed E-state index contributed by atoms with van der Waals surface area (Å²) in [5, 5.41) is 17.5. The molecule has 0 aromatic rings. The fourth-order valence-electron chi connectivity index (χ4n) is 1.49. The van der Waals surface area contributed by atoms with Crippen LogP contribution in [0, 0.1) is 0 Å². The lowest BCUT2D eigenvalue weighted by molar-refractivity contribution is -0.193. The molecule has 0 bridgehead atoms. The van der Waals surface area contributed by atoms with E-state index in [0.717, 1.165) is 0 Å². The van der Waals surface area contributed by atoms with E-state index in [2.05, 4.69) is 0 Å². The zero-order valence-electron chi connectivity index (χ0n) is 7.16. The van der Waals surface area contributed by atoms with Gasteiger partial charge in [0.15, 0.2) is 0 Å². The van der Waals surface area contributed by atoms with Crippen molar-refractivity contribution in [2.75, 3.05) is 6.54 Å². The van der Waals surface area contributed by atoms with Gasteiger partial charge in [-0.2, -0.15) is 13.2 Å². The van der Waals surface area contributed by atoms with Gasteiger partial charge in [-0.3, -0.25) is 4.90 Å². The summed E-state index contributed by atoms with van der Waals surface area (Å²) in [4.78, 5) is 10.8. The lowest BCUT2D eigenvalue weighted by Crippen LogP contribution is -2.53. The summed E-state index contributed by atoms with van der Waals surface area (Å²) in [6, 6.07) is -2.08. The Bertz CT molecular complexity index is 231. The molecule has 1 aliphatic rings. The fraction of sp³-hybridized carbons (Fsp3) is 0.857. The third-order valence-corrected chi connectivity index (χ3v) is 2.20. The second kappa shape index (κ2) is 3.64. The van der Waals surface area contributed by atoms with Crippen LogP contribution in [0.4, 0.5) is 18.0 Å². The van der Waals surface area contributed by atoms with Crippen LogP contribution in [0.15, 0.2) is 0 Å². The molecule has 1 rings (SSSR count). The van der Waals surface area contributed by atoms with Gasteiger partial charge in [0.2, 0.25) is 0 Å². The topological polar surface area (TPSA) is 60.8 Å². The Hall–Kier alpha value is -0.980. The van der Waals surface area contributed by atoms with Gasteiger partial charge in [-0.15, -0.1) is 0 Å². The van der Waals surface area contributed by atoms with E-state index in [-0.39, 0.29) is 13.0 Å². The van der Waals surface area contributed by atoms with E-state index in [9.17, 15) is 18.0 Å². The molecule has 14 heavy (non-hydrogen) atoms. The minimum Gasteiger partial charge on any atom is -0.465 e. The molecule has 0 aromatic carbocycles. The second-order valence-corrected chi connectivity index (χ2v) is 3.21. The van der Waals surface area contributed by atoms with Gasteiger partial charge in [0.05, 0.1) is 6.10 Å². The van der Waals surface area contributed by atoms with Crippen molar-refractivity contribution in [2.45, 2.75) is 31.2 Å². The number of rotatable bonds is 0. The molecule has 82 valence electrons. The Balaban J connectivity index is 2.79. The zero-order chi connectivity index (χ0) is 10.9. The second-order valence-electron chi connectivity index (χ2n) is 3.21. The van der Waals surface area contributed by atoms with Crippen molar-refractivity contribution in [3.05, 3.63) is 0 Å². The third-order valence-electron chi connectivity index (χ3n) is 2.20. The lowest BCUT2D eigenvalue weighted by atomic mass is 10.00. The number of amides is 1. The van der Waals surface area contributed by atoms with Crippen LogP contribution in [0.3, 0.4) is 0 Å². The number of aliphatic hydroxyl groups excluding tert-OH is 1. The molecule has 0 radical (unpaired) electrons. The number of piperidine rings is 1. The first kappa shape index (κ1) is 11.1. The van der Waals surface area contributed by atoms with E-state index in [1.807, 2.05) is 0 Å². The van der Waals surface area contributed by atoms with Crippen molar-refractivity contribution in [3.8, 4) is 0 Å². The van der Waals surface area contributed by atoms with Crippen LogP contribution in [0.5, 0.6) is 0 Å². The molecular weight excluding hydrogens is 203 g/mol. The molecule has 7 heteroatoms. The molecule has 1 saturated heterocycles. The van der Waals surface area contributed by atoms with Gasteiger partial charge in [0.1, 0.15) is 6.04 Å². The largest absolute Gasteiger partial charge is 0.465 e. The lowest BCUT2D eigenvalue weighted by Gasteiger charge is -2.36. The highest BCUT2D eigenvalue weighted by atomic mass is 19.4. The predicted octanol–water partition coefficient (Wildman–Crippen LogP) is 1.05. The van der Waals surface area contributed by atoms with Gasteiger partial charge in [0.25, 0.3) is 0 Å². The number of carbonyl (C=O) groups is 1.